The summed E-state index contributed by atoms with van der Waals surface area (Å²) < 4.78 is 0. The fourth-order valence-corrected chi connectivity index (χ4v) is 3.17. The summed E-state index contributed by atoms with van der Waals surface area (Å²) in [6, 6.07) is 5.81. The van der Waals surface area contributed by atoms with Crippen LogP contribution in [0.15, 0.2) is 24.3 Å². The molecule has 1 N–H and O–H groups in total. The first-order valence-corrected chi connectivity index (χ1v) is 7.65. The molecule has 1 fully saturated rings. The number of rotatable bonds is 3. The van der Waals surface area contributed by atoms with Crippen molar-refractivity contribution in [2.45, 2.75) is 46.1 Å². The molecule has 2 unspecified atom stereocenters. The summed E-state index contributed by atoms with van der Waals surface area (Å²) in [5.41, 5.74) is 0.658. The van der Waals surface area contributed by atoms with E-state index in [9.17, 15) is 20.0 Å². The maximum Gasteiger partial charge on any atom is 0.269 e. The first-order valence-electron chi connectivity index (χ1n) is 7.65. The molecule has 0 aromatic heterocycles. The number of Topliss-reactive ketones (excluding diaryl/α,β-unsaturated/α-hetero) is 1. The minimum Gasteiger partial charge on any atom is -0.388 e. The molecule has 22 heavy (non-hydrogen) atoms. The van der Waals surface area contributed by atoms with Gasteiger partial charge in [0.15, 0.2) is 0 Å². The number of aliphatic hydroxyl groups is 1. The average Bonchev–Trinajstić information content (AvgIpc) is 2.46. The highest BCUT2D eigenvalue weighted by molar-refractivity contribution is 5.82. The fraction of sp³-hybridized carbons (Fsp3) is 0.588. The molecule has 1 aromatic carbocycles. The molecule has 120 valence electrons. The molecule has 0 heterocycles. The molecule has 5 nitrogen and oxygen atoms in total. The highest BCUT2D eigenvalue weighted by atomic mass is 16.6. The number of benzene rings is 1. The Morgan fingerprint density at radius 3 is 2.36 bits per heavy atom. The maximum atomic E-state index is 12.2. The van der Waals surface area contributed by atoms with Gasteiger partial charge in [-0.1, -0.05) is 20.8 Å². The summed E-state index contributed by atoms with van der Waals surface area (Å²) in [5.74, 6) is 0.0636. The van der Waals surface area contributed by atoms with Crippen LogP contribution in [-0.4, -0.2) is 15.8 Å². The number of ketones is 1. The number of nitrogens with zero attached hydrogens (tertiary/aromatic N) is 1. The summed E-state index contributed by atoms with van der Waals surface area (Å²) >= 11 is 0. The average molecular weight is 305 g/mol. The van der Waals surface area contributed by atoms with Gasteiger partial charge in [-0.15, -0.1) is 0 Å². The fourth-order valence-electron chi connectivity index (χ4n) is 3.17. The zero-order valence-electron chi connectivity index (χ0n) is 13.3. The molecular formula is C17H23NO4. The number of non-ortho nitro benzene ring substituents is 1. The van der Waals surface area contributed by atoms with Crippen molar-refractivity contribution in [1.82, 2.24) is 0 Å². The van der Waals surface area contributed by atoms with Crippen molar-refractivity contribution in [3.63, 3.8) is 0 Å². The maximum absolute atomic E-state index is 12.2. The van der Waals surface area contributed by atoms with Gasteiger partial charge in [-0.05, 0) is 41.9 Å². The van der Waals surface area contributed by atoms with E-state index in [4.69, 9.17) is 0 Å². The molecule has 0 amide bonds. The van der Waals surface area contributed by atoms with E-state index in [1.807, 2.05) is 0 Å². The van der Waals surface area contributed by atoms with Gasteiger partial charge in [-0.3, -0.25) is 14.9 Å². The molecule has 0 aliphatic heterocycles. The second kappa shape index (κ2) is 6.16. The van der Waals surface area contributed by atoms with E-state index in [-0.39, 0.29) is 16.9 Å². The van der Waals surface area contributed by atoms with Gasteiger partial charge in [0.25, 0.3) is 5.69 Å². The lowest BCUT2D eigenvalue weighted by Gasteiger charge is -2.38. The molecule has 3 atom stereocenters. The third-order valence-electron chi connectivity index (χ3n) is 4.74. The zero-order chi connectivity index (χ0) is 16.5. The predicted octanol–water partition coefficient (Wildman–Crippen LogP) is 3.66. The second-order valence-electron chi connectivity index (χ2n) is 7.20. The Bertz CT molecular complexity index is 559. The lowest BCUT2D eigenvalue weighted by molar-refractivity contribution is -0.384. The predicted molar refractivity (Wildman–Crippen MR) is 83.3 cm³/mol. The van der Waals surface area contributed by atoms with Crippen LogP contribution in [0.3, 0.4) is 0 Å². The van der Waals surface area contributed by atoms with E-state index < -0.39 is 16.9 Å². The van der Waals surface area contributed by atoms with Crippen LogP contribution in [-0.2, 0) is 4.79 Å². The van der Waals surface area contributed by atoms with Crippen molar-refractivity contribution in [3.05, 3.63) is 39.9 Å². The normalized spacial score (nSPS) is 24.1. The standard InChI is InChI=1S/C17H23NO4/c1-17(2,3)12-6-9-15(19)14(10-12)16(20)11-4-7-13(8-5-11)18(21)22/h4-5,7-8,12,14,16,20H,6,9-10H2,1-3H3/t12?,14?,16-/m1/s1. The van der Waals surface area contributed by atoms with Crippen LogP contribution in [0.25, 0.3) is 0 Å². The Kier molecular flexibility index (Phi) is 4.66. The van der Waals surface area contributed by atoms with Crippen LogP contribution in [0.4, 0.5) is 5.69 Å². The van der Waals surface area contributed by atoms with Gasteiger partial charge in [0, 0.05) is 24.5 Å². The number of nitro groups is 1. The molecule has 0 radical (unpaired) electrons. The number of hydrogen-bond acceptors (Lipinski definition) is 4. The number of carbonyl (C=O) groups is 1. The van der Waals surface area contributed by atoms with E-state index in [1.54, 1.807) is 0 Å². The molecule has 1 aromatic rings. The SMILES string of the molecule is CC(C)(C)C1CCC(=O)C([C@H](O)c2ccc([N+](=O)[O-])cc2)C1. The van der Waals surface area contributed by atoms with Crippen LogP contribution in [0, 0.1) is 27.4 Å². The van der Waals surface area contributed by atoms with Crippen LogP contribution in [0.5, 0.6) is 0 Å². The number of nitro benzene ring substituents is 1. The first kappa shape index (κ1) is 16.6. The van der Waals surface area contributed by atoms with E-state index in [0.717, 1.165) is 6.42 Å². The van der Waals surface area contributed by atoms with Crippen molar-refractivity contribution in [1.29, 1.82) is 0 Å². The summed E-state index contributed by atoms with van der Waals surface area (Å²) in [4.78, 5) is 22.4. The third-order valence-corrected chi connectivity index (χ3v) is 4.74. The molecule has 0 spiro atoms. The second-order valence-corrected chi connectivity index (χ2v) is 7.20. The summed E-state index contributed by atoms with van der Waals surface area (Å²) in [6.07, 6.45) is 1.14. The first-order chi connectivity index (χ1) is 10.2. The van der Waals surface area contributed by atoms with Crippen LogP contribution in [0.2, 0.25) is 0 Å². The number of hydrogen-bond donors (Lipinski definition) is 1. The topological polar surface area (TPSA) is 80.4 Å². The minimum atomic E-state index is -0.890. The van der Waals surface area contributed by atoms with E-state index in [2.05, 4.69) is 20.8 Å². The summed E-state index contributed by atoms with van der Waals surface area (Å²) in [6.45, 7) is 6.47. The monoisotopic (exact) mass is 305 g/mol. The molecule has 2 rings (SSSR count). The van der Waals surface area contributed by atoms with Gasteiger partial charge < -0.3 is 5.11 Å². The van der Waals surface area contributed by atoms with Crippen LogP contribution in [0.1, 0.15) is 51.7 Å². The Balaban J connectivity index is 2.17. The van der Waals surface area contributed by atoms with Gasteiger partial charge in [0.2, 0.25) is 0 Å². The Labute approximate surface area is 130 Å². The van der Waals surface area contributed by atoms with E-state index in [1.165, 1.54) is 24.3 Å². The molecule has 0 saturated heterocycles. The quantitative estimate of drug-likeness (QED) is 0.682. The molecule has 1 saturated carbocycles. The summed E-state index contributed by atoms with van der Waals surface area (Å²) in [5, 5.41) is 21.2. The van der Waals surface area contributed by atoms with Crippen LogP contribution >= 0.6 is 0 Å². The van der Waals surface area contributed by atoms with E-state index >= 15 is 0 Å². The molecule has 1 aliphatic rings. The molecule has 5 heteroatoms. The zero-order valence-corrected chi connectivity index (χ0v) is 13.3. The van der Waals surface area contributed by atoms with Gasteiger partial charge in [0.1, 0.15) is 5.78 Å². The van der Waals surface area contributed by atoms with Gasteiger partial charge in [0.05, 0.1) is 11.0 Å². The lowest BCUT2D eigenvalue weighted by Crippen LogP contribution is -2.35. The Morgan fingerprint density at radius 1 is 1.27 bits per heavy atom. The molecular weight excluding hydrogens is 282 g/mol. The molecule has 0 bridgehead atoms. The third kappa shape index (κ3) is 3.53. The highest BCUT2D eigenvalue weighted by Gasteiger charge is 2.38. The van der Waals surface area contributed by atoms with Gasteiger partial charge in [-0.2, -0.15) is 0 Å². The van der Waals surface area contributed by atoms with Crippen molar-refractivity contribution in [2.24, 2.45) is 17.3 Å². The van der Waals surface area contributed by atoms with Gasteiger partial charge >= 0.3 is 0 Å². The van der Waals surface area contributed by atoms with Gasteiger partial charge in [-0.25, -0.2) is 0 Å². The Morgan fingerprint density at radius 2 is 1.86 bits per heavy atom. The minimum absolute atomic E-state index is 0.0153. The largest absolute Gasteiger partial charge is 0.388 e. The van der Waals surface area contributed by atoms with Crippen molar-refractivity contribution < 1.29 is 14.8 Å². The van der Waals surface area contributed by atoms with Crippen molar-refractivity contribution in [3.8, 4) is 0 Å². The van der Waals surface area contributed by atoms with Crippen LogP contribution < -0.4 is 0 Å². The van der Waals surface area contributed by atoms with E-state index in [0.29, 0.717) is 24.3 Å². The Hall–Kier alpha value is -1.75. The molecule has 1 aliphatic carbocycles. The van der Waals surface area contributed by atoms with Crippen molar-refractivity contribution in [2.75, 3.05) is 0 Å². The lowest BCUT2D eigenvalue weighted by atomic mass is 9.67. The highest BCUT2D eigenvalue weighted by Crippen LogP contribution is 2.42. The summed E-state index contributed by atoms with van der Waals surface area (Å²) in [7, 11) is 0. The number of aliphatic hydroxyl groups excluding tert-OH is 1. The number of carbonyl (C=O) groups excluding carboxylic acids is 1. The van der Waals surface area contributed by atoms with Crippen molar-refractivity contribution >= 4 is 11.5 Å². The smallest absolute Gasteiger partial charge is 0.269 e.